The lowest BCUT2D eigenvalue weighted by Gasteiger charge is -2.22. The van der Waals surface area contributed by atoms with Crippen LogP contribution < -0.4 is 19.5 Å². The number of carbonyl (C=O) groups is 2. The predicted octanol–water partition coefficient (Wildman–Crippen LogP) is 1.94. The standard InChI is InChI=1S/C18H21N3O6/c1-24-13-8-11(9-14(25-2)17(13)26-3)18(23)21(12-4-5-12)10-16(22)19-15-6-7-27-20-15/h6-9,12H,4-5,10H2,1-3H3,(H,19,20,22). The summed E-state index contributed by atoms with van der Waals surface area (Å²) in [5.41, 5.74) is 0.352. The molecule has 2 amide bonds. The van der Waals surface area contributed by atoms with Crippen molar-refractivity contribution in [2.75, 3.05) is 33.2 Å². The summed E-state index contributed by atoms with van der Waals surface area (Å²) in [6.07, 6.45) is 3.07. The fraction of sp³-hybridized carbons (Fsp3) is 0.389. The summed E-state index contributed by atoms with van der Waals surface area (Å²) in [4.78, 5) is 26.9. The van der Waals surface area contributed by atoms with Crippen molar-refractivity contribution in [1.82, 2.24) is 10.1 Å². The van der Waals surface area contributed by atoms with Gasteiger partial charge in [0, 0.05) is 17.7 Å². The number of nitrogens with zero attached hydrogens (tertiary/aromatic N) is 2. The average molecular weight is 375 g/mol. The second kappa shape index (κ2) is 7.98. The molecule has 0 spiro atoms. The number of amides is 2. The van der Waals surface area contributed by atoms with E-state index >= 15 is 0 Å². The molecule has 0 saturated heterocycles. The third kappa shape index (κ3) is 4.13. The van der Waals surface area contributed by atoms with Gasteiger partial charge in [-0.3, -0.25) is 9.59 Å². The van der Waals surface area contributed by atoms with Crippen LogP contribution in [0.25, 0.3) is 0 Å². The fourth-order valence-corrected chi connectivity index (χ4v) is 2.74. The van der Waals surface area contributed by atoms with Crippen LogP contribution >= 0.6 is 0 Å². The van der Waals surface area contributed by atoms with E-state index in [1.165, 1.54) is 38.6 Å². The number of hydrogen-bond donors (Lipinski definition) is 1. The summed E-state index contributed by atoms with van der Waals surface area (Å²) < 4.78 is 20.6. The van der Waals surface area contributed by atoms with Crippen LogP contribution in [0.3, 0.4) is 0 Å². The highest BCUT2D eigenvalue weighted by Crippen LogP contribution is 2.39. The van der Waals surface area contributed by atoms with Crippen LogP contribution in [-0.4, -0.2) is 55.8 Å². The minimum atomic E-state index is -0.350. The Balaban J connectivity index is 1.81. The van der Waals surface area contributed by atoms with Crippen molar-refractivity contribution in [1.29, 1.82) is 0 Å². The molecule has 1 aromatic heterocycles. The first kappa shape index (κ1) is 18.6. The third-order valence-corrected chi connectivity index (χ3v) is 4.18. The van der Waals surface area contributed by atoms with Gasteiger partial charge in [0.1, 0.15) is 12.8 Å². The summed E-state index contributed by atoms with van der Waals surface area (Å²) in [7, 11) is 4.46. The highest BCUT2D eigenvalue weighted by molar-refractivity contribution is 6.00. The van der Waals surface area contributed by atoms with E-state index in [-0.39, 0.29) is 24.4 Å². The monoisotopic (exact) mass is 375 g/mol. The van der Waals surface area contributed by atoms with Crippen LogP contribution in [0.1, 0.15) is 23.2 Å². The summed E-state index contributed by atoms with van der Waals surface area (Å²) in [6.45, 7) is -0.0903. The van der Waals surface area contributed by atoms with Crippen molar-refractivity contribution in [2.45, 2.75) is 18.9 Å². The van der Waals surface area contributed by atoms with E-state index in [4.69, 9.17) is 14.2 Å². The molecule has 1 aliphatic carbocycles. The molecule has 9 nitrogen and oxygen atoms in total. The van der Waals surface area contributed by atoms with Gasteiger partial charge in [-0.1, -0.05) is 5.16 Å². The summed E-state index contributed by atoms with van der Waals surface area (Å²) in [6, 6.07) is 4.71. The molecule has 1 aliphatic rings. The first-order valence-electron chi connectivity index (χ1n) is 8.38. The number of methoxy groups -OCH3 is 3. The van der Waals surface area contributed by atoms with Gasteiger partial charge in [0.05, 0.1) is 21.3 Å². The first-order valence-corrected chi connectivity index (χ1v) is 8.38. The number of nitrogens with one attached hydrogen (secondary N) is 1. The van der Waals surface area contributed by atoms with Crippen molar-refractivity contribution in [3.63, 3.8) is 0 Å². The van der Waals surface area contributed by atoms with Crippen molar-refractivity contribution < 1.29 is 28.3 Å². The lowest BCUT2D eigenvalue weighted by Crippen LogP contribution is -2.39. The molecule has 9 heteroatoms. The minimum absolute atomic E-state index is 0.0275. The second-order valence-electron chi connectivity index (χ2n) is 6.01. The Morgan fingerprint density at radius 3 is 2.33 bits per heavy atom. The van der Waals surface area contributed by atoms with Gasteiger partial charge in [-0.2, -0.15) is 0 Å². The van der Waals surface area contributed by atoms with Crippen LogP contribution in [0.4, 0.5) is 5.82 Å². The molecule has 27 heavy (non-hydrogen) atoms. The summed E-state index contributed by atoms with van der Waals surface area (Å²) in [5.74, 6) is 0.823. The molecule has 2 aromatic rings. The molecular formula is C18H21N3O6. The van der Waals surface area contributed by atoms with Gasteiger partial charge in [0.15, 0.2) is 17.3 Å². The Labute approximate surface area is 156 Å². The number of hydrogen-bond acceptors (Lipinski definition) is 7. The van der Waals surface area contributed by atoms with E-state index in [9.17, 15) is 9.59 Å². The fourth-order valence-electron chi connectivity index (χ4n) is 2.74. The van der Waals surface area contributed by atoms with Crippen LogP contribution in [0.5, 0.6) is 17.2 Å². The average Bonchev–Trinajstić information content (AvgIpc) is 3.40. The highest BCUT2D eigenvalue weighted by atomic mass is 16.5. The predicted molar refractivity (Wildman–Crippen MR) is 95.3 cm³/mol. The van der Waals surface area contributed by atoms with E-state index in [2.05, 4.69) is 15.0 Å². The zero-order chi connectivity index (χ0) is 19.4. The quantitative estimate of drug-likeness (QED) is 0.752. The van der Waals surface area contributed by atoms with Crippen molar-refractivity contribution in [2.24, 2.45) is 0 Å². The SMILES string of the molecule is COc1cc(C(=O)N(CC(=O)Nc2ccon2)C2CC2)cc(OC)c1OC. The highest BCUT2D eigenvalue weighted by Gasteiger charge is 2.35. The number of ether oxygens (including phenoxy) is 3. The van der Waals surface area contributed by atoms with Gasteiger partial charge in [0.25, 0.3) is 5.91 Å². The maximum absolute atomic E-state index is 13.1. The van der Waals surface area contributed by atoms with E-state index in [1.807, 2.05) is 0 Å². The molecule has 0 atom stereocenters. The molecule has 0 radical (unpaired) electrons. The van der Waals surface area contributed by atoms with Gasteiger partial charge in [0.2, 0.25) is 11.7 Å². The zero-order valence-corrected chi connectivity index (χ0v) is 15.4. The number of rotatable bonds is 8. The Kier molecular flexibility index (Phi) is 5.49. The number of carbonyl (C=O) groups excluding carboxylic acids is 2. The topological polar surface area (TPSA) is 103 Å². The maximum Gasteiger partial charge on any atom is 0.254 e. The van der Waals surface area contributed by atoms with Crippen LogP contribution in [0.2, 0.25) is 0 Å². The van der Waals surface area contributed by atoms with Gasteiger partial charge >= 0.3 is 0 Å². The molecule has 0 aliphatic heterocycles. The molecule has 3 rings (SSSR count). The van der Waals surface area contributed by atoms with Gasteiger partial charge in [-0.25, -0.2) is 0 Å². The van der Waals surface area contributed by atoms with Crippen molar-refractivity contribution in [3.05, 3.63) is 30.0 Å². The maximum atomic E-state index is 13.1. The Hall–Kier alpha value is -3.23. The summed E-state index contributed by atoms with van der Waals surface area (Å²) in [5, 5.41) is 6.23. The molecule has 0 bridgehead atoms. The largest absolute Gasteiger partial charge is 0.493 e. The molecule has 1 saturated carbocycles. The molecular weight excluding hydrogens is 354 g/mol. The second-order valence-corrected chi connectivity index (χ2v) is 6.01. The van der Waals surface area contributed by atoms with Gasteiger partial charge in [-0.05, 0) is 25.0 Å². The van der Waals surface area contributed by atoms with Crippen molar-refractivity contribution in [3.8, 4) is 17.2 Å². The van der Waals surface area contributed by atoms with E-state index < -0.39 is 0 Å². The molecule has 1 fully saturated rings. The van der Waals surface area contributed by atoms with E-state index in [0.717, 1.165) is 12.8 Å². The lowest BCUT2D eigenvalue weighted by molar-refractivity contribution is -0.117. The van der Waals surface area contributed by atoms with Gasteiger partial charge < -0.3 is 29.0 Å². The van der Waals surface area contributed by atoms with Crippen LogP contribution in [-0.2, 0) is 4.79 Å². The number of anilines is 1. The van der Waals surface area contributed by atoms with Gasteiger partial charge in [-0.15, -0.1) is 0 Å². The molecule has 0 unspecified atom stereocenters. The molecule has 1 heterocycles. The number of benzene rings is 1. The molecule has 1 aromatic carbocycles. The van der Waals surface area contributed by atoms with E-state index in [1.54, 1.807) is 12.1 Å². The number of aromatic nitrogens is 1. The van der Waals surface area contributed by atoms with Crippen LogP contribution in [0, 0.1) is 0 Å². The molecule has 1 N–H and O–H groups in total. The normalized spacial score (nSPS) is 13.0. The lowest BCUT2D eigenvalue weighted by atomic mass is 10.1. The first-order chi connectivity index (χ1) is 13.1. The Bertz CT molecular complexity index is 792. The Morgan fingerprint density at radius 2 is 1.85 bits per heavy atom. The van der Waals surface area contributed by atoms with Crippen LogP contribution in [0.15, 0.2) is 29.0 Å². The zero-order valence-electron chi connectivity index (χ0n) is 15.4. The third-order valence-electron chi connectivity index (χ3n) is 4.18. The Morgan fingerprint density at radius 1 is 1.19 bits per heavy atom. The van der Waals surface area contributed by atoms with Crippen molar-refractivity contribution >= 4 is 17.6 Å². The van der Waals surface area contributed by atoms with E-state index in [0.29, 0.717) is 28.6 Å². The smallest absolute Gasteiger partial charge is 0.254 e. The summed E-state index contributed by atoms with van der Waals surface area (Å²) >= 11 is 0. The minimum Gasteiger partial charge on any atom is -0.493 e. The molecule has 144 valence electrons.